The van der Waals surface area contributed by atoms with E-state index in [0.717, 1.165) is 18.4 Å². The van der Waals surface area contributed by atoms with Crippen LogP contribution in [0.1, 0.15) is 37.8 Å². The van der Waals surface area contributed by atoms with Gasteiger partial charge in [0.15, 0.2) is 11.6 Å². The first kappa shape index (κ1) is 12.8. The third kappa shape index (κ3) is 2.80. The van der Waals surface area contributed by atoms with E-state index in [1.807, 2.05) is 0 Å². The molecule has 0 saturated heterocycles. The summed E-state index contributed by atoms with van der Waals surface area (Å²) in [6, 6.07) is 6.75. The van der Waals surface area contributed by atoms with E-state index in [1.54, 1.807) is 19.1 Å². The molecule has 0 aliphatic heterocycles. The van der Waals surface area contributed by atoms with Crippen molar-refractivity contribution in [1.82, 2.24) is 0 Å². The van der Waals surface area contributed by atoms with Crippen molar-refractivity contribution in [2.45, 2.75) is 32.2 Å². The molecule has 3 nitrogen and oxygen atoms in total. The molecule has 0 aromatic heterocycles. The zero-order valence-corrected chi connectivity index (χ0v) is 10.4. The van der Waals surface area contributed by atoms with E-state index in [9.17, 15) is 4.39 Å². The van der Waals surface area contributed by atoms with Crippen LogP contribution in [0.5, 0.6) is 5.75 Å². The van der Waals surface area contributed by atoms with Gasteiger partial charge in [-0.1, -0.05) is 6.07 Å². The van der Waals surface area contributed by atoms with E-state index in [0.29, 0.717) is 13.0 Å². The van der Waals surface area contributed by atoms with E-state index >= 15 is 0 Å². The van der Waals surface area contributed by atoms with Crippen molar-refractivity contribution >= 4 is 0 Å². The van der Waals surface area contributed by atoms with Crippen molar-refractivity contribution in [2.75, 3.05) is 6.61 Å². The first-order valence-corrected chi connectivity index (χ1v) is 6.11. The van der Waals surface area contributed by atoms with E-state index in [-0.39, 0.29) is 17.2 Å². The van der Waals surface area contributed by atoms with Gasteiger partial charge in [0.1, 0.15) is 0 Å². The molecule has 1 atom stereocenters. The second-order valence-corrected chi connectivity index (χ2v) is 5.10. The highest BCUT2D eigenvalue weighted by molar-refractivity contribution is 5.30. The van der Waals surface area contributed by atoms with Crippen LogP contribution in [0.25, 0.3) is 0 Å². The summed E-state index contributed by atoms with van der Waals surface area (Å²) < 4.78 is 19.2. The number of nitrogens with zero attached hydrogens (tertiary/aromatic N) is 1. The van der Waals surface area contributed by atoms with Gasteiger partial charge >= 0.3 is 0 Å². The largest absolute Gasteiger partial charge is 0.490 e. The molecule has 1 aromatic rings. The maximum Gasteiger partial charge on any atom is 0.165 e. The Morgan fingerprint density at radius 2 is 2.28 bits per heavy atom. The average molecular weight is 248 g/mol. The summed E-state index contributed by atoms with van der Waals surface area (Å²) in [5, 5.41) is 8.70. The van der Waals surface area contributed by atoms with E-state index < -0.39 is 5.82 Å². The number of benzene rings is 1. The normalized spacial score (nSPS) is 17.9. The minimum Gasteiger partial charge on any atom is -0.490 e. The number of halogens is 1. The van der Waals surface area contributed by atoms with Gasteiger partial charge in [0.2, 0.25) is 0 Å². The van der Waals surface area contributed by atoms with Crippen LogP contribution in [-0.2, 0) is 0 Å². The van der Waals surface area contributed by atoms with Gasteiger partial charge in [0.25, 0.3) is 0 Å². The van der Waals surface area contributed by atoms with Gasteiger partial charge in [0.05, 0.1) is 12.7 Å². The Bertz CT molecular complexity index is 475. The Labute approximate surface area is 106 Å². The van der Waals surface area contributed by atoms with Crippen LogP contribution in [0, 0.1) is 22.6 Å². The fourth-order valence-corrected chi connectivity index (χ4v) is 1.86. The molecular formula is C14H17FN2O. The zero-order valence-electron chi connectivity index (χ0n) is 10.4. The van der Waals surface area contributed by atoms with Crippen LogP contribution in [0.4, 0.5) is 4.39 Å². The predicted molar refractivity (Wildman–Crippen MR) is 66.4 cm³/mol. The Morgan fingerprint density at radius 3 is 2.78 bits per heavy atom. The maximum atomic E-state index is 13.7. The van der Waals surface area contributed by atoms with Crippen molar-refractivity contribution in [2.24, 2.45) is 11.1 Å². The molecule has 0 bridgehead atoms. The summed E-state index contributed by atoms with van der Waals surface area (Å²) in [5.41, 5.74) is 6.39. The van der Waals surface area contributed by atoms with Gasteiger partial charge in [-0.25, -0.2) is 4.39 Å². The van der Waals surface area contributed by atoms with Crippen LogP contribution in [-0.4, -0.2) is 6.61 Å². The lowest BCUT2D eigenvalue weighted by molar-refractivity contribution is 0.227. The highest BCUT2D eigenvalue weighted by Gasteiger charge is 2.43. The van der Waals surface area contributed by atoms with Gasteiger partial charge in [-0.2, -0.15) is 5.26 Å². The lowest BCUT2D eigenvalue weighted by Crippen LogP contribution is -2.13. The smallest absolute Gasteiger partial charge is 0.165 e. The summed E-state index contributed by atoms with van der Waals surface area (Å²) in [7, 11) is 0. The van der Waals surface area contributed by atoms with Crippen LogP contribution in [0.3, 0.4) is 0 Å². The van der Waals surface area contributed by atoms with Crippen molar-refractivity contribution in [1.29, 1.82) is 5.26 Å². The Balaban J connectivity index is 2.00. The van der Waals surface area contributed by atoms with E-state index in [1.165, 1.54) is 6.07 Å². The highest BCUT2D eigenvalue weighted by atomic mass is 19.1. The number of rotatable bonds is 5. The summed E-state index contributed by atoms with van der Waals surface area (Å²) in [5.74, 6) is -0.152. The number of hydrogen-bond acceptors (Lipinski definition) is 3. The molecule has 2 rings (SSSR count). The van der Waals surface area contributed by atoms with Crippen molar-refractivity contribution in [3.05, 3.63) is 29.6 Å². The molecule has 2 N–H and O–H groups in total. The molecule has 0 heterocycles. The molecule has 1 aliphatic rings. The molecule has 0 radical (unpaired) electrons. The molecule has 1 aromatic carbocycles. The molecule has 1 aliphatic carbocycles. The molecule has 4 heteroatoms. The third-order valence-corrected chi connectivity index (χ3v) is 3.43. The molecule has 1 saturated carbocycles. The van der Waals surface area contributed by atoms with Gasteiger partial charge < -0.3 is 10.5 Å². The third-order valence-electron chi connectivity index (χ3n) is 3.43. The lowest BCUT2D eigenvalue weighted by atomic mass is 10.1. The molecule has 1 fully saturated rings. The van der Waals surface area contributed by atoms with Crippen LogP contribution in [0.15, 0.2) is 18.2 Å². The summed E-state index contributed by atoms with van der Waals surface area (Å²) in [6.45, 7) is 2.22. The molecule has 18 heavy (non-hydrogen) atoms. The van der Waals surface area contributed by atoms with E-state index in [4.69, 9.17) is 15.7 Å². The second-order valence-electron chi connectivity index (χ2n) is 5.10. The van der Waals surface area contributed by atoms with Crippen molar-refractivity contribution in [3.63, 3.8) is 0 Å². The van der Waals surface area contributed by atoms with Gasteiger partial charge in [0, 0.05) is 17.9 Å². The summed E-state index contributed by atoms with van der Waals surface area (Å²) in [6.07, 6.45) is 2.45. The zero-order chi connectivity index (χ0) is 13.2. The van der Waals surface area contributed by atoms with Crippen LogP contribution in [0.2, 0.25) is 0 Å². The monoisotopic (exact) mass is 248 g/mol. The summed E-state index contributed by atoms with van der Waals surface area (Å²) >= 11 is 0. The fourth-order valence-electron chi connectivity index (χ4n) is 1.86. The van der Waals surface area contributed by atoms with Crippen molar-refractivity contribution < 1.29 is 9.13 Å². The van der Waals surface area contributed by atoms with Crippen molar-refractivity contribution in [3.8, 4) is 11.8 Å². The number of nitrogens with two attached hydrogens (primary N) is 1. The number of hydrogen-bond donors (Lipinski definition) is 1. The molecule has 0 spiro atoms. The van der Waals surface area contributed by atoms with Crippen LogP contribution >= 0.6 is 0 Å². The Kier molecular flexibility index (Phi) is 3.53. The first-order chi connectivity index (χ1) is 8.56. The number of ether oxygens (including phenoxy) is 1. The Morgan fingerprint density at radius 1 is 1.56 bits per heavy atom. The van der Waals surface area contributed by atoms with Gasteiger partial charge in [-0.15, -0.1) is 0 Å². The topological polar surface area (TPSA) is 59.0 Å². The molecule has 96 valence electrons. The minimum atomic E-state index is -0.391. The standard InChI is InChI=1S/C14H17FN2O/c1-10(17)11-2-3-13(12(15)8-11)18-9-14(4-5-14)6-7-16/h2-3,8,10H,4-6,9,17H2,1H3. The minimum absolute atomic E-state index is 0.0407. The molecular weight excluding hydrogens is 231 g/mol. The highest BCUT2D eigenvalue weighted by Crippen LogP contribution is 2.48. The first-order valence-electron chi connectivity index (χ1n) is 6.11. The lowest BCUT2D eigenvalue weighted by Gasteiger charge is -2.14. The Hall–Kier alpha value is -1.60. The second kappa shape index (κ2) is 4.95. The molecule has 1 unspecified atom stereocenters. The van der Waals surface area contributed by atoms with E-state index in [2.05, 4.69) is 6.07 Å². The maximum absolute atomic E-state index is 13.7. The number of nitriles is 1. The quantitative estimate of drug-likeness (QED) is 0.871. The average Bonchev–Trinajstić information content (AvgIpc) is 3.08. The molecule has 0 amide bonds. The van der Waals surface area contributed by atoms with Gasteiger partial charge in [-0.3, -0.25) is 0 Å². The summed E-state index contributed by atoms with van der Waals surface area (Å²) in [4.78, 5) is 0. The SMILES string of the molecule is CC(N)c1ccc(OCC2(CC#N)CC2)c(F)c1. The predicted octanol–water partition coefficient (Wildman–Crippen LogP) is 2.92. The fraction of sp³-hybridized carbons (Fsp3) is 0.500. The van der Waals surface area contributed by atoms with Gasteiger partial charge in [-0.05, 0) is 37.5 Å². The van der Waals surface area contributed by atoms with Crippen LogP contribution < -0.4 is 10.5 Å².